The third-order valence-corrected chi connectivity index (χ3v) is 3.91. The van der Waals surface area contributed by atoms with E-state index in [9.17, 15) is 9.59 Å². The SMILES string of the molecule is CC(C)Cn1c(=O)c(C(=O)NCCc2ccncc2)nc2cccnc21. The molecule has 1 amide bonds. The Morgan fingerprint density at radius 3 is 2.69 bits per heavy atom. The van der Waals surface area contributed by atoms with E-state index < -0.39 is 11.5 Å². The van der Waals surface area contributed by atoms with Crippen molar-refractivity contribution < 1.29 is 4.79 Å². The second-order valence-electron chi connectivity index (χ2n) is 6.48. The number of nitrogens with zero attached hydrogens (tertiary/aromatic N) is 4. The summed E-state index contributed by atoms with van der Waals surface area (Å²) in [5.41, 5.74) is 1.59. The lowest BCUT2D eigenvalue weighted by molar-refractivity contribution is 0.0947. The van der Waals surface area contributed by atoms with Gasteiger partial charge in [-0.2, -0.15) is 0 Å². The van der Waals surface area contributed by atoms with E-state index in [2.05, 4.69) is 20.3 Å². The van der Waals surface area contributed by atoms with Gasteiger partial charge in [0.2, 0.25) is 0 Å². The zero-order valence-corrected chi connectivity index (χ0v) is 14.8. The van der Waals surface area contributed by atoms with Crippen LogP contribution >= 0.6 is 0 Å². The Labute approximate surface area is 151 Å². The first-order chi connectivity index (χ1) is 12.6. The molecule has 3 rings (SSSR count). The molecule has 0 saturated carbocycles. The van der Waals surface area contributed by atoms with E-state index in [1.54, 1.807) is 30.7 Å². The van der Waals surface area contributed by atoms with Crippen LogP contribution in [0.25, 0.3) is 11.2 Å². The van der Waals surface area contributed by atoms with Crippen molar-refractivity contribution in [2.45, 2.75) is 26.8 Å². The van der Waals surface area contributed by atoms with Gasteiger partial charge in [-0.05, 0) is 42.2 Å². The summed E-state index contributed by atoms with van der Waals surface area (Å²) in [6, 6.07) is 7.28. The number of carbonyl (C=O) groups excluding carboxylic acids is 1. The summed E-state index contributed by atoms with van der Waals surface area (Å²) >= 11 is 0. The molecule has 0 fully saturated rings. The van der Waals surface area contributed by atoms with Gasteiger partial charge in [-0.1, -0.05) is 13.8 Å². The first kappa shape index (κ1) is 17.7. The van der Waals surface area contributed by atoms with Crippen LogP contribution in [0, 0.1) is 5.92 Å². The monoisotopic (exact) mass is 351 g/mol. The van der Waals surface area contributed by atoms with Crippen molar-refractivity contribution in [3.63, 3.8) is 0 Å². The van der Waals surface area contributed by atoms with Gasteiger partial charge in [-0.15, -0.1) is 0 Å². The largest absolute Gasteiger partial charge is 0.350 e. The van der Waals surface area contributed by atoms with Crippen molar-refractivity contribution in [2.75, 3.05) is 6.54 Å². The summed E-state index contributed by atoms with van der Waals surface area (Å²) in [7, 11) is 0. The molecule has 3 aromatic rings. The van der Waals surface area contributed by atoms with Crippen LogP contribution in [0.3, 0.4) is 0 Å². The molecule has 0 aliphatic heterocycles. The Bertz CT molecular complexity index is 967. The number of rotatable bonds is 6. The molecule has 3 aromatic heterocycles. The Morgan fingerprint density at radius 1 is 1.19 bits per heavy atom. The maximum atomic E-state index is 12.8. The van der Waals surface area contributed by atoms with Gasteiger partial charge >= 0.3 is 0 Å². The Kier molecular flexibility index (Phi) is 5.36. The highest BCUT2D eigenvalue weighted by atomic mass is 16.2. The minimum atomic E-state index is -0.465. The first-order valence-electron chi connectivity index (χ1n) is 8.59. The fourth-order valence-corrected chi connectivity index (χ4v) is 2.71. The molecular formula is C19H21N5O2. The average Bonchev–Trinajstić information content (AvgIpc) is 2.64. The van der Waals surface area contributed by atoms with E-state index in [4.69, 9.17) is 0 Å². The first-order valence-corrected chi connectivity index (χ1v) is 8.59. The lowest BCUT2D eigenvalue weighted by atomic mass is 10.2. The zero-order chi connectivity index (χ0) is 18.5. The number of aromatic nitrogens is 4. The summed E-state index contributed by atoms with van der Waals surface area (Å²) in [4.78, 5) is 37.8. The number of hydrogen-bond acceptors (Lipinski definition) is 5. The second kappa shape index (κ2) is 7.86. The maximum absolute atomic E-state index is 12.8. The van der Waals surface area contributed by atoms with Gasteiger partial charge < -0.3 is 5.32 Å². The molecule has 1 N–H and O–H groups in total. The molecule has 0 radical (unpaired) electrons. The van der Waals surface area contributed by atoms with Crippen molar-refractivity contribution in [1.29, 1.82) is 0 Å². The topological polar surface area (TPSA) is 89.8 Å². The molecular weight excluding hydrogens is 330 g/mol. The van der Waals surface area contributed by atoms with Gasteiger partial charge in [-0.25, -0.2) is 9.97 Å². The van der Waals surface area contributed by atoms with Gasteiger partial charge in [0.25, 0.3) is 11.5 Å². The lowest BCUT2D eigenvalue weighted by Crippen LogP contribution is -2.36. The Balaban J connectivity index is 1.85. The number of amides is 1. The molecule has 0 atom stereocenters. The number of hydrogen-bond donors (Lipinski definition) is 1. The van der Waals surface area contributed by atoms with E-state index in [0.717, 1.165) is 5.56 Å². The molecule has 0 bridgehead atoms. The fourth-order valence-electron chi connectivity index (χ4n) is 2.71. The van der Waals surface area contributed by atoms with Gasteiger partial charge in [0, 0.05) is 31.7 Å². The van der Waals surface area contributed by atoms with E-state index in [0.29, 0.717) is 30.7 Å². The van der Waals surface area contributed by atoms with E-state index >= 15 is 0 Å². The van der Waals surface area contributed by atoms with Crippen LogP contribution in [-0.4, -0.2) is 32.0 Å². The molecule has 0 saturated heterocycles. The van der Waals surface area contributed by atoms with Crippen LogP contribution < -0.4 is 10.9 Å². The van der Waals surface area contributed by atoms with Crippen LogP contribution in [0.2, 0.25) is 0 Å². The van der Waals surface area contributed by atoms with Crippen molar-refractivity contribution in [2.24, 2.45) is 5.92 Å². The minimum absolute atomic E-state index is 0.0964. The summed E-state index contributed by atoms with van der Waals surface area (Å²) in [5, 5.41) is 2.78. The molecule has 134 valence electrons. The van der Waals surface area contributed by atoms with Crippen LogP contribution in [-0.2, 0) is 13.0 Å². The van der Waals surface area contributed by atoms with Crippen molar-refractivity contribution >= 4 is 17.1 Å². The van der Waals surface area contributed by atoms with E-state index in [1.165, 1.54) is 4.57 Å². The second-order valence-corrected chi connectivity index (χ2v) is 6.48. The molecule has 7 heteroatoms. The lowest BCUT2D eigenvalue weighted by Gasteiger charge is -2.13. The van der Waals surface area contributed by atoms with Crippen molar-refractivity contribution in [3.8, 4) is 0 Å². The molecule has 0 spiro atoms. The highest BCUT2D eigenvalue weighted by molar-refractivity contribution is 5.93. The minimum Gasteiger partial charge on any atom is -0.350 e. The van der Waals surface area contributed by atoms with Gasteiger partial charge in [0.1, 0.15) is 5.52 Å². The number of pyridine rings is 2. The zero-order valence-electron chi connectivity index (χ0n) is 14.8. The highest BCUT2D eigenvalue weighted by Gasteiger charge is 2.18. The molecule has 3 heterocycles. The molecule has 7 nitrogen and oxygen atoms in total. The van der Waals surface area contributed by atoms with Crippen LogP contribution in [0.5, 0.6) is 0 Å². The highest BCUT2D eigenvalue weighted by Crippen LogP contribution is 2.09. The normalized spacial score (nSPS) is 11.0. The van der Waals surface area contributed by atoms with Crippen LogP contribution in [0.4, 0.5) is 0 Å². The molecule has 26 heavy (non-hydrogen) atoms. The smallest absolute Gasteiger partial charge is 0.283 e. The fraction of sp³-hybridized carbons (Fsp3) is 0.316. The molecule has 0 aliphatic carbocycles. The van der Waals surface area contributed by atoms with Gasteiger partial charge in [0.05, 0.1) is 0 Å². The van der Waals surface area contributed by atoms with Crippen molar-refractivity contribution in [1.82, 2.24) is 24.8 Å². The third-order valence-electron chi connectivity index (χ3n) is 3.91. The predicted octanol–water partition coefficient (Wildman–Crippen LogP) is 1.81. The summed E-state index contributed by atoms with van der Waals surface area (Å²) in [6.45, 7) is 4.91. The Morgan fingerprint density at radius 2 is 1.96 bits per heavy atom. The van der Waals surface area contributed by atoms with Crippen LogP contribution in [0.15, 0.2) is 47.7 Å². The maximum Gasteiger partial charge on any atom is 0.283 e. The predicted molar refractivity (Wildman–Crippen MR) is 98.9 cm³/mol. The van der Waals surface area contributed by atoms with Crippen molar-refractivity contribution in [3.05, 3.63) is 64.5 Å². The van der Waals surface area contributed by atoms with E-state index in [1.807, 2.05) is 26.0 Å². The standard InChI is InChI=1S/C19H21N5O2/c1-13(2)12-24-17-15(4-3-8-21-17)23-16(19(24)26)18(25)22-11-7-14-5-9-20-10-6-14/h3-6,8-10,13H,7,11-12H2,1-2H3,(H,22,25). The molecule has 0 aromatic carbocycles. The van der Waals surface area contributed by atoms with Gasteiger partial charge in [0.15, 0.2) is 11.3 Å². The summed E-state index contributed by atoms with van der Waals surface area (Å²) in [6.07, 6.45) is 5.69. The van der Waals surface area contributed by atoms with E-state index in [-0.39, 0.29) is 11.6 Å². The number of nitrogens with one attached hydrogen (secondary N) is 1. The average molecular weight is 351 g/mol. The van der Waals surface area contributed by atoms with Crippen LogP contribution in [0.1, 0.15) is 29.9 Å². The third kappa shape index (κ3) is 3.93. The summed E-state index contributed by atoms with van der Waals surface area (Å²) in [5.74, 6) is -0.227. The Hall–Kier alpha value is -3.09. The summed E-state index contributed by atoms with van der Waals surface area (Å²) < 4.78 is 1.53. The number of carbonyl (C=O) groups is 1. The molecule has 0 aliphatic rings. The number of fused-ring (bicyclic) bond motifs is 1. The quantitative estimate of drug-likeness (QED) is 0.731. The van der Waals surface area contributed by atoms with Gasteiger partial charge in [-0.3, -0.25) is 19.1 Å². The molecule has 0 unspecified atom stereocenters.